The maximum Gasteiger partial charge on any atom is 0.307 e. The van der Waals surface area contributed by atoms with Gasteiger partial charge in [0.2, 0.25) is 0 Å². The Bertz CT molecular complexity index is 495. The average molecular weight is 285 g/mol. The third-order valence-corrected chi connectivity index (χ3v) is 3.79. The zero-order valence-corrected chi connectivity index (χ0v) is 11.0. The first-order valence-electron chi connectivity index (χ1n) is 6.22. The van der Waals surface area contributed by atoms with E-state index in [0.717, 1.165) is 25.0 Å². The minimum absolute atomic E-state index is 0.144. The first-order valence-corrected chi connectivity index (χ1v) is 6.60. The number of carboxylic acid groups (broad SMARTS) is 1. The molecular weight excluding hydrogens is 271 g/mol. The van der Waals surface area contributed by atoms with Gasteiger partial charge < -0.3 is 5.11 Å². The summed E-state index contributed by atoms with van der Waals surface area (Å²) in [4.78, 5) is 23.5. The Hall–Kier alpha value is -1.42. The molecule has 0 bridgehead atoms. The molecular formula is C14H14ClFO3. The molecule has 0 aromatic heterocycles. The van der Waals surface area contributed by atoms with E-state index in [2.05, 4.69) is 0 Å². The second kappa shape index (κ2) is 5.70. The number of ketones is 1. The number of carboxylic acids is 1. The zero-order valence-electron chi connectivity index (χ0n) is 10.2. The van der Waals surface area contributed by atoms with Gasteiger partial charge in [0, 0.05) is 16.5 Å². The number of hydrogen-bond acceptors (Lipinski definition) is 2. The number of benzene rings is 1. The van der Waals surface area contributed by atoms with Crippen molar-refractivity contribution in [3.05, 3.63) is 34.6 Å². The van der Waals surface area contributed by atoms with E-state index < -0.39 is 23.6 Å². The van der Waals surface area contributed by atoms with Gasteiger partial charge in [0.15, 0.2) is 5.78 Å². The molecule has 1 aliphatic carbocycles. The highest BCUT2D eigenvalue weighted by atomic mass is 35.5. The van der Waals surface area contributed by atoms with Gasteiger partial charge in [0.25, 0.3) is 0 Å². The van der Waals surface area contributed by atoms with Crippen LogP contribution in [0.3, 0.4) is 0 Å². The molecule has 0 heterocycles. The van der Waals surface area contributed by atoms with Crippen molar-refractivity contribution in [2.45, 2.75) is 25.7 Å². The van der Waals surface area contributed by atoms with Gasteiger partial charge in [-0.15, -0.1) is 0 Å². The molecule has 1 fully saturated rings. The number of rotatable bonds is 3. The van der Waals surface area contributed by atoms with Gasteiger partial charge in [-0.1, -0.05) is 24.4 Å². The molecule has 2 unspecified atom stereocenters. The van der Waals surface area contributed by atoms with E-state index in [1.54, 1.807) is 0 Å². The van der Waals surface area contributed by atoms with Crippen LogP contribution >= 0.6 is 11.6 Å². The summed E-state index contributed by atoms with van der Waals surface area (Å²) in [5.74, 6) is -3.13. The first kappa shape index (κ1) is 14.0. The number of hydrogen-bond donors (Lipinski definition) is 1. The standard InChI is InChI=1S/C14H14ClFO3/c15-9-5-8(6-10(16)7-9)13(17)11-3-1-2-4-12(11)14(18)19/h5-7,11-12H,1-4H2,(H,18,19). The second-order valence-corrected chi connectivity index (χ2v) is 5.29. The highest BCUT2D eigenvalue weighted by Gasteiger charge is 2.36. The monoisotopic (exact) mass is 284 g/mol. The van der Waals surface area contributed by atoms with Crippen LogP contribution in [-0.2, 0) is 4.79 Å². The summed E-state index contributed by atoms with van der Waals surface area (Å²) in [7, 11) is 0. The molecule has 2 atom stereocenters. The van der Waals surface area contributed by atoms with Crippen LogP contribution < -0.4 is 0 Å². The van der Waals surface area contributed by atoms with Gasteiger partial charge in [0.1, 0.15) is 5.82 Å². The molecule has 1 aliphatic rings. The van der Waals surface area contributed by atoms with Crippen LogP contribution in [0.15, 0.2) is 18.2 Å². The summed E-state index contributed by atoms with van der Waals surface area (Å²) >= 11 is 5.72. The Labute approximate surface area is 115 Å². The van der Waals surface area contributed by atoms with Gasteiger partial charge in [-0.3, -0.25) is 9.59 Å². The molecule has 102 valence electrons. The Morgan fingerprint density at radius 1 is 1.16 bits per heavy atom. The smallest absolute Gasteiger partial charge is 0.307 e. The van der Waals surface area contributed by atoms with Crippen molar-refractivity contribution in [3.8, 4) is 0 Å². The molecule has 0 amide bonds. The van der Waals surface area contributed by atoms with Crippen LogP contribution in [-0.4, -0.2) is 16.9 Å². The molecule has 3 nitrogen and oxygen atoms in total. The molecule has 1 aromatic rings. The molecule has 0 radical (unpaired) electrons. The normalized spacial score (nSPS) is 23.1. The van der Waals surface area contributed by atoms with Crippen molar-refractivity contribution < 1.29 is 19.1 Å². The van der Waals surface area contributed by atoms with Gasteiger partial charge in [-0.05, 0) is 31.0 Å². The highest BCUT2D eigenvalue weighted by molar-refractivity contribution is 6.31. The van der Waals surface area contributed by atoms with E-state index in [9.17, 15) is 14.0 Å². The largest absolute Gasteiger partial charge is 0.481 e. The fourth-order valence-corrected chi connectivity index (χ4v) is 2.87. The van der Waals surface area contributed by atoms with Crippen molar-refractivity contribution in [1.29, 1.82) is 0 Å². The number of halogens is 2. The van der Waals surface area contributed by atoms with E-state index in [4.69, 9.17) is 16.7 Å². The number of carbonyl (C=O) groups excluding carboxylic acids is 1. The minimum atomic E-state index is -0.958. The summed E-state index contributed by atoms with van der Waals surface area (Å²) in [6.45, 7) is 0. The van der Waals surface area contributed by atoms with Crippen molar-refractivity contribution >= 4 is 23.4 Å². The van der Waals surface area contributed by atoms with Crippen LogP contribution in [0.1, 0.15) is 36.0 Å². The minimum Gasteiger partial charge on any atom is -0.481 e. The quantitative estimate of drug-likeness (QED) is 0.864. The van der Waals surface area contributed by atoms with Crippen LogP contribution in [0.25, 0.3) is 0 Å². The number of aliphatic carboxylic acids is 1. The van der Waals surface area contributed by atoms with Crippen molar-refractivity contribution in [2.24, 2.45) is 11.8 Å². The fourth-order valence-electron chi connectivity index (χ4n) is 2.65. The molecule has 1 aromatic carbocycles. The fraction of sp³-hybridized carbons (Fsp3) is 0.429. The second-order valence-electron chi connectivity index (χ2n) is 4.86. The Morgan fingerprint density at radius 2 is 1.79 bits per heavy atom. The van der Waals surface area contributed by atoms with Crippen LogP contribution in [0, 0.1) is 17.7 Å². The van der Waals surface area contributed by atoms with Crippen molar-refractivity contribution in [1.82, 2.24) is 0 Å². The van der Waals surface area contributed by atoms with E-state index in [0.29, 0.717) is 12.8 Å². The lowest BCUT2D eigenvalue weighted by atomic mass is 9.75. The van der Waals surface area contributed by atoms with E-state index in [-0.39, 0.29) is 16.4 Å². The van der Waals surface area contributed by atoms with Gasteiger partial charge >= 0.3 is 5.97 Å². The van der Waals surface area contributed by atoms with E-state index >= 15 is 0 Å². The number of Topliss-reactive ketones (excluding diaryl/α,β-unsaturated/α-hetero) is 1. The van der Waals surface area contributed by atoms with Crippen LogP contribution in [0.2, 0.25) is 5.02 Å². The number of carbonyl (C=O) groups is 2. The Balaban J connectivity index is 2.28. The lowest BCUT2D eigenvalue weighted by Crippen LogP contribution is -2.32. The maximum absolute atomic E-state index is 13.3. The SMILES string of the molecule is O=C(O)C1CCCCC1C(=O)c1cc(F)cc(Cl)c1. The molecule has 0 aliphatic heterocycles. The summed E-state index contributed by atoms with van der Waals surface area (Å²) in [6.07, 6.45) is 2.66. The molecule has 0 spiro atoms. The van der Waals surface area contributed by atoms with Gasteiger partial charge in [0.05, 0.1) is 5.92 Å². The molecule has 2 rings (SSSR count). The summed E-state index contributed by atoms with van der Waals surface area (Å²) in [5, 5.41) is 9.31. The maximum atomic E-state index is 13.3. The molecule has 0 saturated heterocycles. The molecule has 1 saturated carbocycles. The molecule has 1 N–H and O–H groups in total. The van der Waals surface area contributed by atoms with Crippen molar-refractivity contribution in [3.63, 3.8) is 0 Å². The highest BCUT2D eigenvalue weighted by Crippen LogP contribution is 2.33. The Morgan fingerprint density at radius 3 is 2.37 bits per heavy atom. The lowest BCUT2D eigenvalue weighted by molar-refractivity contribution is -0.144. The lowest BCUT2D eigenvalue weighted by Gasteiger charge is -2.27. The van der Waals surface area contributed by atoms with Gasteiger partial charge in [-0.2, -0.15) is 0 Å². The predicted molar refractivity (Wildman–Crippen MR) is 68.8 cm³/mol. The summed E-state index contributed by atoms with van der Waals surface area (Å²) in [6, 6.07) is 3.62. The van der Waals surface area contributed by atoms with Crippen molar-refractivity contribution in [2.75, 3.05) is 0 Å². The first-order chi connectivity index (χ1) is 8.99. The van der Waals surface area contributed by atoms with E-state index in [1.165, 1.54) is 6.07 Å². The molecule has 5 heteroatoms. The average Bonchev–Trinajstić information content (AvgIpc) is 2.36. The topological polar surface area (TPSA) is 54.4 Å². The third-order valence-electron chi connectivity index (χ3n) is 3.57. The van der Waals surface area contributed by atoms with Crippen LogP contribution in [0.4, 0.5) is 4.39 Å². The predicted octanol–water partition coefficient (Wildman–Crippen LogP) is 3.55. The van der Waals surface area contributed by atoms with Gasteiger partial charge in [-0.25, -0.2) is 4.39 Å². The zero-order chi connectivity index (χ0) is 14.0. The third kappa shape index (κ3) is 3.13. The molecule has 19 heavy (non-hydrogen) atoms. The van der Waals surface area contributed by atoms with Crippen LogP contribution in [0.5, 0.6) is 0 Å². The summed E-state index contributed by atoms with van der Waals surface area (Å²) < 4.78 is 13.3. The van der Waals surface area contributed by atoms with E-state index in [1.807, 2.05) is 0 Å². The Kier molecular flexibility index (Phi) is 4.20. The summed E-state index contributed by atoms with van der Waals surface area (Å²) in [5.41, 5.74) is 0.156.